The van der Waals surface area contributed by atoms with Crippen LogP contribution in [0.25, 0.3) is 0 Å². The zero-order valence-electron chi connectivity index (χ0n) is 14.1. The quantitative estimate of drug-likeness (QED) is 0.418. The molecule has 4 heteroatoms. The van der Waals surface area contributed by atoms with Crippen LogP contribution in [-0.2, 0) is 14.2 Å². The number of ether oxygens (including phenoxy) is 3. The Morgan fingerprint density at radius 3 is 1.86 bits per heavy atom. The Balaban J connectivity index is 3.14. The first-order valence-electron chi connectivity index (χ1n) is 8.69. The first kappa shape index (κ1) is 20.8. The molecule has 0 aliphatic heterocycles. The molecule has 0 radical (unpaired) electrons. The number of rotatable bonds is 17. The predicted octanol–water partition coefficient (Wildman–Crippen LogP) is 3.42. The van der Waals surface area contributed by atoms with Gasteiger partial charge in [-0.15, -0.1) is 0 Å². The fourth-order valence-corrected chi connectivity index (χ4v) is 2.29. The molecule has 0 aromatic carbocycles. The van der Waals surface area contributed by atoms with E-state index >= 15 is 0 Å². The van der Waals surface area contributed by atoms with E-state index < -0.39 is 0 Å². The van der Waals surface area contributed by atoms with Gasteiger partial charge in [0.25, 0.3) is 0 Å². The minimum Gasteiger partial charge on any atom is -0.394 e. The molecule has 1 unspecified atom stereocenters. The van der Waals surface area contributed by atoms with E-state index in [1.165, 1.54) is 38.5 Å². The van der Waals surface area contributed by atoms with E-state index in [0.29, 0.717) is 33.0 Å². The standard InChI is InChI=1S/C17H36O4/c1-3-5-8-17(4-2)9-6-7-11-19-13-15-21-16-14-20-12-10-18/h17-18H,3-16H2,1-2H3. The van der Waals surface area contributed by atoms with Gasteiger partial charge in [0.05, 0.1) is 39.6 Å². The second-order valence-electron chi connectivity index (χ2n) is 5.47. The van der Waals surface area contributed by atoms with Crippen LogP contribution in [0.2, 0.25) is 0 Å². The van der Waals surface area contributed by atoms with Gasteiger partial charge in [-0.2, -0.15) is 0 Å². The van der Waals surface area contributed by atoms with Crippen molar-refractivity contribution in [3.63, 3.8) is 0 Å². The molecule has 128 valence electrons. The molecule has 0 saturated heterocycles. The van der Waals surface area contributed by atoms with Crippen molar-refractivity contribution in [2.45, 2.75) is 58.8 Å². The van der Waals surface area contributed by atoms with E-state index in [-0.39, 0.29) is 6.61 Å². The highest BCUT2D eigenvalue weighted by Gasteiger charge is 2.04. The third-order valence-corrected chi connectivity index (χ3v) is 3.67. The molecule has 0 bridgehead atoms. The fraction of sp³-hybridized carbons (Fsp3) is 1.00. The summed E-state index contributed by atoms with van der Waals surface area (Å²) < 4.78 is 16.0. The Hall–Kier alpha value is -0.160. The van der Waals surface area contributed by atoms with E-state index in [0.717, 1.165) is 18.9 Å². The maximum absolute atomic E-state index is 8.52. The fourth-order valence-electron chi connectivity index (χ4n) is 2.29. The predicted molar refractivity (Wildman–Crippen MR) is 86.7 cm³/mol. The highest BCUT2D eigenvalue weighted by atomic mass is 16.5. The van der Waals surface area contributed by atoms with Gasteiger partial charge in [-0.1, -0.05) is 52.4 Å². The Morgan fingerprint density at radius 1 is 0.714 bits per heavy atom. The molecule has 0 aromatic heterocycles. The smallest absolute Gasteiger partial charge is 0.0701 e. The van der Waals surface area contributed by atoms with Gasteiger partial charge in [0.2, 0.25) is 0 Å². The maximum Gasteiger partial charge on any atom is 0.0701 e. The van der Waals surface area contributed by atoms with Crippen LogP contribution >= 0.6 is 0 Å². The number of unbranched alkanes of at least 4 members (excludes halogenated alkanes) is 2. The average molecular weight is 304 g/mol. The van der Waals surface area contributed by atoms with Crippen molar-refractivity contribution in [1.82, 2.24) is 0 Å². The van der Waals surface area contributed by atoms with Gasteiger partial charge in [-0.25, -0.2) is 0 Å². The van der Waals surface area contributed by atoms with E-state index in [4.69, 9.17) is 19.3 Å². The first-order chi connectivity index (χ1) is 10.3. The van der Waals surface area contributed by atoms with Crippen molar-refractivity contribution >= 4 is 0 Å². The summed E-state index contributed by atoms with van der Waals surface area (Å²) in [5.41, 5.74) is 0. The molecule has 0 amide bonds. The summed E-state index contributed by atoms with van der Waals surface area (Å²) in [5.74, 6) is 0.909. The maximum atomic E-state index is 8.52. The van der Waals surface area contributed by atoms with E-state index in [1.807, 2.05) is 0 Å². The molecule has 0 aliphatic rings. The van der Waals surface area contributed by atoms with Crippen LogP contribution in [-0.4, -0.2) is 51.4 Å². The first-order valence-corrected chi connectivity index (χ1v) is 8.69. The molecule has 0 spiro atoms. The van der Waals surface area contributed by atoms with Crippen molar-refractivity contribution in [3.8, 4) is 0 Å². The third-order valence-electron chi connectivity index (χ3n) is 3.67. The zero-order valence-corrected chi connectivity index (χ0v) is 14.1. The largest absolute Gasteiger partial charge is 0.394 e. The van der Waals surface area contributed by atoms with Gasteiger partial charge in [0.15, 0.2) is 0 Å². The molecule has 0 fully saturated rings. The summed E-state index contributed by atoms with van der Waals surface area (Å²) in [4.78, 5) is 0. The lowest BCUT2D eigenvalue weighted by Gasteiger charge is -2.14. The molecule has 0 aliphatic carbocycles. The Kier molecular flexibility index (Phi) is 17.8. The molecule has 0 aromatic rings. The van der Waals surface area contributed by atoms with Gasteiger partial charge in [-0.05, 0) is 12.3 Å². The average Bonchev–Trinajstić information content (AvgIpc) is 2.51. The SMILES string of the molecule is CCCCC(CC)CCCCOCCOCCOCCO. The zero-order chi connectivity index (χ0) is 15.6. The highest BCUT2D eigenvalue weighted by molar-refractivity contribution is 4.57. The van der Waals surface area contributed by atoms with Crippen LogP contribution in [0.5, 0.6) is 0 Å². The van der Waals surface area contributed by atoms with Crippen molar-refractivity contribution in [2.24, 2.45) is 5.92 Å². The van der Waals surface area contributed by atoms with Crippen LogP contribution in [0.3, 0.4) is 0 Å². The van der Waals surface area contributed by atoms with Crippen LogP contribution in [0.15, 0.2) is 0 Å². The van der Waals surface area contributed by atoms with E-state index in [9.17, 15) is 0 Å². The summed E-state index contributed by atoms with van der Waals surface area (Å²) in [5, 5.41) is 8.52. The lowest BCUT2D eigenvalue weighted by Crippen LogP contribution is -2.11. The lowest BCUT2D eigenvalue weighted by atomic mass is 9.94. The second kappa shape index (κ2) is 17.9. The summed E-state index contributed by atoms with van der Waals surface area (Å²) in [6.07, 6.45) is 9.16. The molecular weight excluding hydrogens is 268 g/mol. The van der Waals surface area contributed by atoms with Gasteiger partial charge < -0.3 is 19.3 Å². The number of aliphatic hydroxyl groups excluding tert-OH is 1. The molecular formula is C17H36O4. The lowest BCUT2D eigenvalue weighted by molar-refractivity contribution is 0.00710. The minimum atomic E-state index is 0.0699. The summed E-state index contributed by atoms with van der Waals surface area (Å²) in [6, 6.07) is 0. The summed E-state index contributed by atoms with van der Waals surface area (Å²) >= 11 is 0. The second-order valence-corrected chi connectivity index (χ2v) is 5.47. The van der Waals surface area contributed by atoms with Crippen molar-refractivity contribution in [3.05, 3.63) is 0 Å². The molecule has 1 N–H and O–H groups in total. The number of hydrogen-bond acceptors (Lipinski definition) is 4. The van der Waals surface area contributed by atoms with E-state index in [1.54, 1.807) is 0 Å². The molecule has 21 heavy (non-hydrogen) atoms. The summed E-state index contributed by atoms with van der Waals surface area (Å²) in [7, 11) is 0. The molecule has 4 nitrogen and oxygen atoms in total. The van der Waals surface area contributed by atoms with Gasteiger partial charge in [0, 0.05) is 6.61 Å². The normalized spacial score (nSPS) is 12.7. The Bertz CT molecular complexity index is 188. The van der Waals surface area contributed by atoms with Crippen LogP contribution in [0.4, 0.5) is 0 Å². The van der Waals surface area contributed by atoms with Crippen molar-refractivity contribution < 1.29 is 19.3 Å². The van der Waals surface area contributed by atoms with Gasteiger partial charge in [0.1, 0.15) is 0 Å². The van der Waals surface area contributed by atoms with Crippen LogP contribution < -0.4 is 0 Å². The van der Waals surface area contributed by atoms with E-state index in [2.05, 4.69) is 13.8 Å². The number of aliphatic hydroxyl groups is 1. The van der Waals surface area contributed by atoms with Crippen molar-refractivity contribution in [2.75, 3.05) is 46.2 Å². The van der Waals surface area contributed by atoms with Gasteiger partial charge in [-0.3, -0.25) is 0 Å². The molecule has 0 heterocycles. The topological polar surface area (TPSA) is 47.9 Å². The van der Waals surface area contributed by atoms with Crippen molar-refractivity contribution in [1.29, 1.82) is 0 Å². The molecule has 1 atom stereocenters. The summed E-state index contributed by atoms with van der Waals surface area (Å²) in [6.45, 7) is 8.26. The number of hydrogen-bond donors (Lipinski definition) is 1. The molecule has 0 rings (SSSR count). The Labute approximate surface area is 131 Å². The minimum absolute atomic E-state index is 0.0699. The van der Waals surface area contributed by atoms with Crippen LogP contribution in [0.1, 0.15) is 58.8 Å². The molecule has 0 saturated carbocycles. The Morgan fingerprint density at radius 2 is 1.29 bits per heavy atom. The van der Waals surface area contributed by atoms with Crippen LogP contribution in [0, 0.1) is 5.92 Å². The highest BCUT2D eigenvalue weighted by Crippen LogP contribution is 2.19. The van der Waals surface area contributed by atoms with Gasteiger partial charge >= 0.3 is 0 Å². The third kappa shape index (κ3) is 16.0. The monoisotopic (exact) mass is 304 g/mol.